The molecule has 5 nitrogen and oxygen atoms in total. The summed E-state index contributed by atoms with van der Waals surface area (Å²) in [6.45, 7) is 5.18. The molecule has 1 aliphatic heterocycles. The topological polar surface area (TPSA) is 54.9 Å². The predicted molar refractivity (Wildman–Crippen MR) is 102 cm³/mol. The molecular weight excluding hydrogens is 322 g/mol. The number of hydrogen-bond acceptors (Lipinski definition) is 4. The Morgan fingerprint density at radius 1 is 1.25 bits per heavy atom. The second-order valence-corrected chi connectivity index (χ2v) is 7.85. The summed E-state index contributed by atoms with van der Waals surface area (Å²) in [7, 11) is 3.48. The van der Waals surface area contributed by atoms with E-state index in [9.17, 15) is 0 Å². The summed E-state index contributed by atoms with van der Waals surface area (Å²) in [5.41, 5.74) is 1.19. The van der Waals surface area contributed by atoms with E-state index in [1.54, 1.807) is 7.11 Å². The first-order valence-electron chi connectivity index (χ1n) is 8.44. The van der Waals surface area contributed by atoms with Crippen LogP contribution in [0.1, 0.15) is 25.3 Å². The average Bonchev–Trinajstić information content (AvgIpc) is 3.03. The zero-order chi connectivity index (χ0) is 17.3. The Bertz CT molecular complexity index is 514. The normalized spacial score (nSPS) is 20.9. The molecule has 1 aliphatic rings. The highest BCUT2D eigenvalue weighted by Crippen LogP contribution is 2.36. The lowest BCUT2D eigenvalue weighted by atomic mass is 10.1. The van der Waals surface area contributed by atoms with Gasteiger partial charge < -0.3 is 20.1 Å². The molecule has 1 fully saturated rings. The van der Waals surface area contributed by atoms with Gasteiger partial charge in [0, 0.05) is 32.0 Å². The third-order valence-corrected chi connectivity index (χ3v) is 5.63. The number of guanidine groups is 1. The summed E-state index contributed by atoms with van der Waals surface area (Å²) >= 11 is 2.05. The maximum atomic E-state index is 5.57. The van der Waals surface area contributed by atoms with Crippen molar-refractivity contribution in [3.63, 3.8) is 0 Å². The van der Waals surface area contributed by atoms with Gasteiger partial charge in [0.1, 0.15) is 12.4 Å². The van der Waals surface area contributed by atoms with Crippen molar-refractivity contribution in [3.05, 3.63) is 29.8 Å². The third kappa shape index (κ3) is 6.24. The first-order chi connectivity index (χ1) is 11.6. The molecule has 0 aliphatic carbocycles. The first-order valence-corrected chi connectivity index (χ1v) is 9.43. The van der Waals surface area contributed by atoms with E-state index < -0.39 is 0 Å². The van der Waals surface area contributed by atoms with E-state index in [1.165, 1.54) is 24.2 Å². The summed E-state index contributed by atoms with van der Waals surface area (Å²) in [6, 6.07) is 8.10. The Hall–Kier alpha value is -1.40. The van der Waals surface area contributed by atoms with Crippen LogP contribution in [0.15, 0.2) is 29.3 Å². The van der Waals surface area contributed by atoms with Gasteiger partial charge in [-0.05, 0) is 43.2 Å². The standard InChI is InChI=1S/C18H29N3O2S/c1-18(9-4-12-24-18)14-21-17(19-2)20-13-15-5-7-16(8-6-15)23-11-10-22-3/h5-8H,4,9-14H2,1-3H3,(H2,19,20,21). The van der Waals surface area contributed by atoms with Crippen LogP contribution in [-0.4, -0.2) is 50.4 Å². The van der Waals surface area contributed by atoms with Gasteiger partial charge in [-0.25, -0.2) is 0 Å². The van der Waals surface area contributed by atoms with Crippen molar-refractivity contribution in [2.45, 2.75) is 31.1 Å². The molecule has 1 atom stereocenters. The fourth-order valence-electron chi connectivity index (χ4n) is 2.60. The Labute approximate surface area is 149 Å². The molecule has 0 aromatic heterocycles. The largest absolute Gasteiger partial charge is 0.491 e. The molecule has 0 amide bonds. The zero-order valence-electron chi connectivity index (χ0n) is 14.9. The van der Waals surface area contributed by atoms with Gasteiger partial charge in [0.15, 0.2) is 5.96 Å². The van der Waals surface area contributed by atoms with Crippen molar-refractivity contribution < 1.29 is 9.47 Å². The molecule has 134 valence electrons. The van der Waals surface area contributed by atoms with E-state index in [1.807, 2.05) is 19.2 Å². The summed E-state index contributed by atoms with van der Waals surface area (Å²) in [5.74, 6) is 2.98. The van der Waals surface area contributed by atoms with Crippen LogP contribution in [0.5, 0.6) is 5.75 Å². The number of methoxy groups -OCH3 is 1. The lowest BCUT2D eigenvalue weighted by Crippen LogP contribution is -2.43. The third-order valence-electron chi connectivity index (χ3n) is 4.09. The number of nitrogens with one attached hydrogen (secondary N) is 2. The van der Waals surface area contributed by atoms with Crippen molar-refractivity contribution >= 4 is 17.7 Å². The fraction of sp³-hybridized carbons (Fsp3) is 0.611. The molecule has 0 bridgehead atoms. The van der Waals surface area contributed by atoms with Gasteiger partial charge in [0.2, 0.25) is 0 Å². The maximum absolute atomic E-state index is 5.57. The van der Waals surface area contributed by atoms with Crippen LogP contribution < -0.4 is 15.4 Å². The van der Waals surface area contributed by atoms with E-state index in [0.29, 0.717) is 18.0 Å². The summed E-state index contributed by atoms with van der Waals surface area (Å²) < 4.78 is 10.9. The highest BCUT2D eigenvalue weighted by molar-refractivity contribution is 8.00. The van der Waals surface area contributed by atoms with Gasteiger partial charge in [-0.3, -0.25) is 4.99 Å². The minimum absolute atomic E-state index is 0.332. The van der Waals surface area contributed by atoms with Crippen molar-refractivity contribution in [1.29, 1.82) is 0 Å². The highest BCUT2D eigenvalue weighted by Gasteiger charge is 2.29. The lowest BCUT2D eigenvalue weighted by Gasteiger charge is -2.24. The molecule has 2 N–H and O–H groups in total. The minimum Gasteiger partial charge on any atom is -0.491 e. The van der Waals surface area contributed by atoms with E-state index in [4.69, 9.17) is 9.47 Å². The summed E-state index contributed by atoms with van der Waals surface area (Å²) in [6.07, 6.45) is 2.58. The molecule has 2 rings (SSSR count). The molecule has 1 aromatic carbocycles. The molecule has 0 saturated carbocycles. The molecule has 0 radical (unpaired) electrons. The van der Waals surface area contributed by atoms with Crippen LogP contribution >= 0.6 is 11.8 Å². The van der Waals surface area contributed by atoms with E-state index >= 15 is 0 Å². The average molecular weight is 352 g/mol. The van der Waals surface area contributed by atoms with E-state index in [0.717, 1.165) is 24.8 Å². The molecule has 1 saturated heterocycles. The number of nitrogens with zero attached hydrogens (tertiary/aromatic N) is 1. The minimum atomic E-state index is 0.332. The molecule has 1 aromatic rings. The SMILES string of the molecule is CN=C(NCc1ccc(OCCOC)cc1)NCC1(C)CCCS1. The number of aliphatic imine (C=N–C) groups is 1. The molecule has 0 spiro atoms. The maximum Gasteiger partial charge on any atom is 0.191 e. The highest BCUT2D eigenvalue weighted by atomic mass is 32.2. The van der Waals surface area contributed by atoms with Crippen molar-refractivity contribution in [3.8, 4) is 5.75 Å². The number of thioether (sulfide) groups is 1. The molecule has 1 heterocycles. The zero-order valence-corrected chi connectivity index (χ0v) is 15.7. The van der Waals surface area contributed by atoms with Gasteiger partial charge in [0.05, 0.1) is 6.61 Å². The van der Waals surface area contributed by atoms with Crippen LogP contribution in [0.3, 0.4) is 0 Å². The van der Waals surface area contributed by atoms with Crippen LogP contribution in [0.2, 0.25) is 0 Å². The molecule has 24 heavy (non-hydrogen) atoms. The van der Waals surface area contributed by atoms with Gasteiger partial charge in [-0.1, -0.05) is 12.1 Å². The summed E-state index contributed by atoms with van der Waals surface area (Å²) in [5, 5.41) is 6.81. The second kappa shape index (κ2) is 9.79. The van der Waals surface area contributed by atoms with Crippen molar-refractivity contribution in [2.24, 2.45) is 4.99 Å². The lowest BCUT2D eigenvalue weighted by molar-refractivity contribution is 0.146. The van der Waals surface area contributed by atoms with Crippen molar-refractivity contribution in [2.75, 3.05) is 39.7 Å². The smallest absolute Gasteiger partial charge is 0.191 e. The van der Waals surface area contributed by atoms with Crippen LogP contribution in [-0.2, 0) is 11.3 Å². The summed E-state index contributed by atoms with van der Waals surface area (Å²) in [4.78, 5) is 4.31. The quantitative estimate of drug-likeness (QED) is 0.428. The predicted octanol–water partition coefficient (Wildman–Crippen LogP) is 2.66. The van der Waals surface area contributed by atoms with Crippen LogP contribution in [0.4, 0.5) is 0 Å². The van der Waals surface area contributed by atoms with Crippen LogP contribution in [0.25, 0.3) is 0 Å². The van der Waals surface area contributed by atoms with Gasteiger partial charge >= 0.3 is 0 Å². The first kappa shape index (κ1) is 18.9. The van der Waals surface area contributed by atoms with Gasteiger partial charge in [-0.15, -0.1) is 0 Å². The second-order valence-electron chi connectivity index (χ2n) is 6.17. The van der Waals surface area contributed by atoms with Gasteiger partial charge in [0.25, 0.3) is 0 Å². The molecule has 1 unspecified atom stereocenters. The van der Waals surface area contributed by atoms with E-state index in [2.05, 4.69) is 46.4 Å². The number of benzene rings is 1. The number of ether oxygens (including phenoxy) is 2. The Balaban J connectivity index is 1.74. The fourth-order valence-corrected chi connectivity index (χ4v) is 3.84. The monoisotopic (exact) mass is 351 g/mol. The Morgan fingerprint density at radius 2 is 2.04 bits per heavy atom. The molecular formula is C18H29N3O2S. The van der Waals surface area contributed by atoms with E-state index in [-0.39, 0.29) is 0 Å². The molecule has 6 heteroatoms. The van der Waals surface area contributed by atoms with Crippen LogP contribution in [0, 0.1) is 0 Å². The Kier molecular flexibility index (Phi) is 7.72. The number of rotatable bonds is 8. The van der Waals surface area contributed by atoms with Crippen molar-refractivity contribution in [1.82, 2.24) is 10.6 Å². The number of hydrogen-bond donors (Lipinski definition) is 2. The Morgan fingerprint density at radius 3 is 2.67 bits per heavy atom. The van der Waals surface area contributed by atoms with Gasteiger partial charge in [-0.2, -0.15) is 11.8 Å².